The van der Waals surface area contributed by atoms with E-state index in [2.05, 4.69) is 10.3 Å². The first-order chi connectivity index (χ1) is 8.56. The summed E-state index contributed by atoms with van der Waals surface area (Å²) in [6.07, 6.45) is 2.26. The van der Waals surface area contributed by atoms with E-state index < -0.39 is 11.7 Å². The Hall–Kier alpha value is -2.14. The molecule has 0 aliphatic heterocycles. The normalized spacial score (nSPS) is 10.1. The minimum absolute atomic E-state index is 0.0814. The number of halogens is 2. The highest BCUT2D eigenvalue weighted by atomic mass is 35.5. The fraction of sp³-hybridized carbons (Fsp3) is 0. The molecule has 1 aromatic heterocycles. The molecule has 92 valence electrons. The van der Waals surface area contributed by atoms with Crippen LogP contribution in [0.3, 0.4) is 0 Å². The second-order valence-electron chi connectivity index (χ2n) is 3.51. The average Bonchev–Trinajstić information content (AvgIpc) is 2.34. The van der Waals surface area contributed by atoms with Gasteiger partial charge in [0.25, 0.3) is 5.91 Å². The molecule has 0 saturated heterocycles. The molecule has 2 aromatic rings. The van der Waals surface area contributed by atoms with Gasteiger partial charge in [-0.15, -0.1) is 0 Å². The van der Waals surface area contributed by atoms with Crippen LogP contribution >= 0.6 is 11.6 Å². The summed E-state index contributed by atoms with van der Waals surface area (Å²) in [5.74, 6) is -1.18. The fourth-order valence-electron chi connectivity index (χ4n) is 1.32. The number of hydrogen-bond donors (Lipinski definition) is 2. The Kier molecular flexibility index (Phi) is 3.43. The molecule has 1 amide bonds. The van der Waals surface area contributed by atoms with Gasteiger partial charge >= 0.3 is 0 Å². The van der Waals surface area contributed by atoms with E-state index in [1.807, 2.05) is 0 Å². The maximum absolute atomic E-state index is 12.9. The van der Waals surface area contributed by atoms with Crippen molar-refractivity contribution in [2.75, 3.05) is 5.32 Å². The lowest BCUT2D eigenvalue weighted by Gasteiger charge is -2.06. The number of nitrogens with zero attached hydrogens (tertiary/aromatic N) is 1. The van der Waals surface area contributed by atoms with E-state index in [1.54, 1.807) is 0 Å². The van der Waals surface area contributed by atoms with Crippen molar-refractivity contribution in [2.45, 2.75) is 0 Å². The van der Waals surface area contributed by atoms with Gasteiger partial charge in [0.05, 0.1) is 16.8 Å². The van der Waals surface area contributed by atoms with Crippen molar-refractivity contribution < 1.29 is 14.3 Å². The number of carbonyl (C=O) groups excluding carboxylic acids is 1. The van der Waals surface area contributed by atoms with Gasteiger partial charge in [0, 0.05) is 11.9 Å². The van der Waals surface area contributed by atoms with Crippen LogP contribution in [-0.4, -0.2) is 16.0 Å². The maximum atomic E-state index is 12.9. The first kappa shape index (κ1) is 12.3. The van der Waals surface area contributed by atoms with Gasteiger partial charge < -0.3 is 10.4 Å². The molecule has 0 aliphatic carbocycles. The van der Waals surface area contributed by atoms with Gasteiger partial charge in [-0.2, -0.15) is 0 Å². The number of anilines is 1. The third-order valence-electron chi connectivity index (χ3n) is 2.17. The molecular formula is C12H8ClFN2O2. The quantitative estimate of drug-likeness (QED) is 0.822. The van der Waals surface area contributed by atoms with Gasteiger partial charge in [0.1, 0.15) is 11.6 Å². The molecule has 1 heterocycles. The Balaban J connectivity index is 2.18. The average molecular weight is 267 g/mol. The van der Waals surface area contributed by atoms with E-state index in [-0.39, 0.29) is 16.3 Å². The Morgan fingerprint density at radius 2 is 2.11 bits per heavy atom. The highest BCUT2D eigenvalue weighted by Crippen LogP contribution is 2.26. The van der Waals surface area contributed by atoms with E-state index in [1.165, 1.54) is 24.4 Å². The summed E-state index contributed by atoms with van der Waals surface area (Å²) in [4.78, 5) is 15.3. The van der Waals surface area contributed by atoms with Gasteiger partial charge in [-0.1, -0.05) is 11.6 Å². The monoisotopic (exact) mass is 266 g/mol. The van der Waals surface area contributed by atoms with E-state index in [0.717, 1.165) is 12.3 Å². The molecule has 0 spiro atoms. The molecule has 4 nitrogen and oxygen atoms in total. The topological polar surface area (TPSA) is 62.2 Å². The zero-order valence-electron chi connectivity index (χ0n) is 9.02. The predicted octanol–water partition coefficient (Wildman–Crippen LogP) is 2.83. The molecule has 1 aromatic carbocycles. The van der Waals surface area contributed by atoms with E-state index in [0.29, 0.717) is 5.69 Å². The molecule has 0 unspecified atom stereocenters. The Morgan fingerprint density at radius 1 is 1.33 bits per heavy atom. The van der Waals surface area contributed by atoms with Crippen LogP contribution in [0.4, 0.5) is 10.1 Å². The van der Waals surface area contributed by atoms with Gasteiger partial charge in [-0.3, -0.25) is 9.78 Å². The second-order valence-corrected chi connectivity index (χ2v) is 3.92. The van der Waals surface area contributed by atoms with Gasteiger partial charge in [-0.25, -0.2) is 4.39 Å². The highest BCUT2D eigenvalue weighted by Gasteiger charge is 2.08. The number of nitrogens with one attached hydrogen (secondary N) is 1. The summed E-state index contributed by atoms with van der Waals surface area (Å²) in [6, 6.07) is 5.29. The Labute approximate surface area is 107 Å². The maximum Gasteiger partial charge on any atom is 0.257 e. The SMILES string of the molecule is O=C(Nc1ccc(O)c(Cl)c1)c1cncc(F)c1. The first-order valence-electron chi connectivity index (χ1n) is 4.96. The van der Waals surface area contributed by atoms with Crippen LogP contribution in [0.1, 0.15) is 10.4 Å². The molecule has 0 fully saturated rings. The molecule has 0 bridgehead atoms. The largest absolute Gasteiger partial charge is 0.506 e. The van der Waals surface area contributed by atoms with E-state index in [4.69, 9.17) is 11.6 Å². The Morgan fingerprint density at radius 3 is 2.78 bits per heavy atom. The van der Waals surface area contributed by atoms with Crippen LogP contribution < -0.4 is 5.32 Å². The smallest absolute Gasteiger partial charge is 0.257 e. The number of phenols is 1. The number of rotatable bonds is 2. The number of carbonyl (C=O) groups is 1. The van der Waals surface area contributed by atoms with Gasteiger partial charge in [0.2, 0.25) is 0 Å². The van der Waals surface area contributed by atoms with Crippen LogP contribution in [0, 0.1) is 5.82 Å². The number of aromatic hydroxyl groups is 1. The second kappa shape index (κ2) is 5.01. The summed E-state index contributed by atoms with van der Waals surface area (Å²) in [5.41, 5.74) is 0.492. The van der Waals surface area contributed by atoms with Crippen LogP contribution in [0.2, 0.25) is 5.02 Å². The third kappa shape index (κ3) is 2.75. The lowest BCUT2D eigenvalue weighted by atomic mass is 10.2. The number of amides is 1. The van der Waals surface area contributed by atoms with Crippen LogP contribution in [-0.2, 0) is 0 Å². The number of pyridine rings is 1. The summed E-state index contributed by atoms with van der Waals surface area (Å²) in [5, 5.41) is 11.9. The highest BCUT2D eigenvalue weighted by molar-refractivity contribution is 6.32. The van der Waals surface area contributed by atoms with Crippen LogP contribution in [0.5, 0.6) is 5.75 Å². The predicted molar refractivity (Wildman–Crippen MR) is 65.3 cm³/mol. The van der Waals surface area contributed by atoms with Crippen molar-refractivity contribution >= 4 is 23.2 Å². The Bertz CT molecular complexity index is 604. The molecule has 2 N–H and O–H groups in total. The summed E-state index contributed by atoms with van der Waals surface area (Å²) >= 11 is 5.69. The van der Waals surface area contributed by atoms with Gasteiger partial charge in [0.15, 0.2) is 0 Å². The third-order valence-corrected chi connectivity index (χ3v) is 2.48. The first-order valence-corrected chi connectivity index (χ1v) is 5.34. The van der Waals surface area contributed by atoms with E-state index >= 15 is 0 Å². The molecule has 0 saturated carbocycles. The van der Waals surface area contributed by atoms with E-state index in [9.17, 15) is 14.3 Å². The molecule has 2 rings (SSSR count). The minimum atomic E-state index is -0.591. The standard InChI is InChI=1S/C12H8ClFN2O2/c13-10-4-9(1-2-11(10)17)16-12(18)7-3-8(14)6-15-5-7/h1-6,17H,(H,16,18). The lowest BCUT2D eigenvalue weighted by Crippen LogP contribution is -2.12. The van der Waals surface area contributed by atoms with Crippen LogP contribution in [0.25, 0.3) is 0 Å². The number of hydrogen-bond acceptors (Lipinski definition) is 3. The van der Waals surface area contributed by atoms with Crippen molar-refractivity contribution in [1.82, 2.24) is 4.98 Å². The van der Waals surface area contributed by atoms with Crippen molar-refractivity contribution in [3.63, 3.8) is 0 Å². The number of aromatic nitrogens is 1. The summed E-state index contributed by atoms with van der Waals surface area (Å²) in [6.45, 7) is 0. The minimum Gasteiger partial charge on any atom is -0.506 e. The zero-order valence-corrected chi connectivity index (χ0v) is 9.78. The molecule has 6 heteroatoms. The number of benzene rings is 1. The van der Waals surface area contributed by atoms with Crippen molar-refractivity contribution in [3.05, 3.63) is 53.1 Å². The fourth-order valence-corrected chi connectivity index (χ4v) is 1.50. The molecule has 0 atom stereocenters. The molecule has 18 heavy (non-hydrogen) atoms. The van der Waals surface area contributed by atoms with Crippen molar-refractivity contribution in [3.8, 4) is 5.75 Å². The molecule has 0 aliphatic rings. The molecule has 0 radical (unpaired) electrons. The van der Waals surface area contributed by atoms with Crippen molar-refractivity contribution in [1.29, 1.82) is 0 Å². The molecular weight excluding hydrogens is 259 g/mol. The lowest BCUT2D eigenvalue weighted by molar-refractivity contribution is 0.102. The number of phenolic OH excluding ortho intramolecular Hbond substituents is 1. The summed E-state index contributed by atoms with van der Waals surface area (Å²) in [7, 11) is 0. The zero-order chi connectivity index (χ0) is 13.1. The van der Waals surface area contributed by atoms with Gasteiger partial charge in [-0.05, 0) is 24.3 Å². The van der Waals surface area contributed by atoms with Crippen LogP contribution in [0.15, 0.2) is 36.7 Å². The van der Waals surface area contributed by atoms with Crippen molar-refractivity contribution in [2.24, 2.45) is 0 Å². The summed E-state index contributed by atoms with van der Waals surface area (Å²) < 4.78 is 12.9.